The molecule has 1 N–H and O–H groups in total. The van der Waals surface area contributed by atoms with Crippen LogP contribution in [0.5, 0.6) is 0 Å². The molecule has 2 nitrogen and oxygen atoms in total. The van der Waals surface area contributed by atoms with Crippen LogP contribution >= 0.6 is 11.8 Å². The van der Waals surface area contributed by atoms with Crippen molar-refractivity contribution in [2.45, 2.75) is 29.7 Å². The van der Waals surface area contributed by atoms with Crippen LogP contribution in [0.1, 0.15) is 25.5 Å². The van der Waals surface area contributed by atoms with Crippen LogP contribution in [0, 0.1) is 5.82 Å². The predicted molar refractivity (Wildman–Crippen MR) is 76.9 cm³/mol. The number of nitrogens with zero attached hydrogens (tertiary/aromatic N) is 1. The van der Waals surface area contributed by atoms with Crippen LogP contribution in [-0.4, -0.2) is 11.5 Å². The highest BCUT2D eigenvalue weighted by Crippen LogP contribution is 2.30. The number of pyridine rings is 1. The molecule has 0 bridgehead atoms. The zero-order valence-corrected chi connectivity index (χ0v) is 11.9. The van der Waals surface area contributed by atoms with Gasteiger partial charge in [0, 0.05) is 28.2 Å². The molecule has 100 valence electrons. The second kappa shape index (κ2) is 6.68. The average molecular weight is 276 g/mol. The Morgan fingerprint density at radius 3 is 2.63 bits per heavy atom. The molecule has 0 saturated heterocycles. The number of hydrogen-bond donors (Lipinski definition) is 1. The Hall–Kier alpha value is -1.39. The first kappa shape index (κ1) is 14.0. The molecule has 0 amide bonds. The van der Waals surface area contributed by atoms with Crippen molar-refractivity contribution in [2.24, 2.45) is 0 Å². The maximum atomic E-state index is 14.1. The maximum Gasteiger partial charge on any atom is 0.137 e. The van der Waals surface area contributed by atoms with Crippen molar-refractivity contribution >= 4 is 11.8 Å². The standard InChI is InChI=1S/C15H17FN2S/c1-3-18-11(2)12-4-5-15(14(16)10-12)19-13-6-8-17-9-7-13/h4-11,18H,3H2,1-2H3. The first-order valence-electron chi connectivity index (χ1n) is 6.31. The highest BCUT2D eigenvalue weighted by atomic mass is 32.2. The Morgan fingerprint density at radius 2 is 2.00 bits per heavy atom. The fraction of sp³-hybridized carbons (Fsp3) is 0.267. The SMILES string of the molecule is CCNC(C)c1ccc(Sc2ccncc2)c(F)c1. The zero-order chi connectivity index (χ0) is 13.7. The van der Waals surface area contributed by atoms with Gasteiger partial charge in [-0.2, -0.15) is 0 Å². The lowest BCUT2D eigenvalue weighted by Gasteiger charge is -2.13. The van der Waals surface area contributed by atoms with Gasteiger partial charge in [-0.15, -0.1) is 0 Å². The van der Waals surface area contributed by atoms with E-state index in [1.807, 2.05) is 38.1 Å². The topological polar surface area (TPSA) is 24.9 Å². The lowest BCUT2D eigenvalue weighted by Crippen LogP contribution is -2.17. The number of benzene rings is 1. The molecule has 0 aliphatic rings. The van der Waals surface area contributed by atoms with E-state index in [4.69, 9.17) is 0 Å². The van der Waals surface area contributed by atoms with Gasteiger partial charge in [-0.1, -0.05) is 24.8 Å². The Kier molecular flexibility index (Phi) is 4.93. The summed E-state index contributed by atoms with van der Waals surface area (Å²) < 4.78 is 14.1. The summed E-state index contributed by atoms with van der Waals surface area (Å²) in [4.78, 5) is 5.58. The van der Waals surface area contributed by atoms with Crippen molar-refractivity contribution in [2.75, 3.05) is 6.54 Å². The van der Waals surface area contributed by atoms with E-state index in [-0.39, 0.29) is 11.9 Å². The second-order valence-corrected chi connectivity index (χ2v) is 5.37. The molecule has 0 aliphatic heterocycles. The molecule has 2 rings (SSSR count). The molecule has 1 atom stereocenters. The molecule has 1 aromatic carbocycles. The van der Waals surface area contributed by atoms with Crippen molar-refractivity contribution < 1.29 is 4.39 Å². The van der Waals surface area contributed by atoms with Gasteiger partial charge in [0.2, 0.25) is 0 Å². The summed E-state index contributed by atoms with van der Waals surface area (Å²) in [5.74, 6) is -0.177. The van der Waals surface area contributed by atoms with E-state index in [2.05, 4.69) is 10.3 Å². The van der Waals surface area contributed by atoms with Crippen LogP contribution in [0.3, 0.4) is 0 Å². The number of rotatable bonds is 5. The normalized spacial score (nSPS) is 12.4. The summed E-state index contributed by atoms with van der Waals surface area (Å²) in [5.41, 5.74) is 0.971. The third-order valence-corrected chi connectivity index (χ3v) is 3.90. The second-order valence-electron chi connectivity index (χ2n) is 4.25. The molecule has 1 heterocycles. The summed E-state index contributed by atoms with van der Waals surface area (Å²) in [7, 11) is 0. The Labute approximate surface area is 117 Å². The molecular weight excluding hydrogens is 259 g/mol. The summed E-state index contributed by atoms with van der Waals surface area (Å²) in [6.45, 7) is 4.95. The summed E-state index contributed by atoms with van der Waals surface area (Å²) in [6.07, 6.45) is 3.42. The molecule has 2 aromatic rings. The Bertz CT molecular complexity index is 531. The van der Waals surface area contributed by atoms with Gasteiger partial charge >= 0.3 is 0 Å². The molecule has 1 aromatic heterocycles. The zero-order valence-electron chi connectivity index (χ0n) is 11.1. The number of halogens is 1. The minimum atomic E-state index is -0.177. The number of aromatic nitrogens is 1. The molecule has 19 heavy (non-hydrogen) atoms. The van der Waals surface area contributed by atoms with E-state index in [9.17, 15) is 4.39 Å². The average Bonchev–Trinajstić information content (AvgIpc) is 2.42. The predicted octanol–water partition coefficient (Wildman–Crippen LogP) is 4.04. The van der Waals surface area contributed by atoms with Crippen molar-refractivity contribution in [3.05, 3.63) is 54.1 Å². The quantitative estimate of drug-likeness (QED) is 0.892. The molecule has 0 spiro atoms. The molecule has 0 fully saturated rings. The van der Waals surface area contributed by atoms with Crippen molar-refractivity contribution in [1.82, 2.24) is 10.3 Å². The number of nitrogens with one attached hydrogen (secondary N) is 1. The first-order chi connectivity index (χ1) is 9.20. The van der Waals surface area contributed by atoms with Crippen LogP contribution in [-0.2, 0) is 0 Å². The van der Waals surface area contributed by atoms with Crippen molar-refractivity contribution in [3.8, 4) is 0 Å². The van der Waals surface area contributed by atoms with Gasteiger partial charge in [0.15, 0.2) is 0 Å². The van der Waals surface area contributed by atoms with Gasteiger partial charge in [-0.05, 0) is 43.3 Å². The molecule has 0 radical (unpaired) electrons. The fourth-order valence-corrected chi connectivity index (χ4v) is 2.63. The lowest BCUT2D eigenvalue weighted by molar-refractivity contribution is 0.572. The highest BCUT2D eigenvalue weighted by molar-refractivity contribution is 7.99. The summed E-state index contributed by atoms with van der Waals surface area (Å²) >= 11 is 1.41. The summed E-state index contributed by atoms with van der Waals surface area (Å²) in [6, 6.07) is 9.33. The molecule has 4 heteroatoms. The van der Waals surface area contributed by atoms with Crippen LogP contribution < -0.4 is 5.32 Å². The third kappa shape index (κ3) is 3.78. The van der Waals surface area contributed by atoms with Gasteiger partial charge in [0.1, 0.15) is 5.82 Å². The van der Waals surface area contributed by atoms with Crippen LogP contribution in [0.25, 0.3) is 0 Å². The van der Waals surface area contributed by atoms with Crippen molar-refractivity contribution in [3.63, 3.8) is 0 Å². The smallest absolute Gasteiger partial charge is 0.137 e. The van der Waals surface area contributed by atoms with Crippen molar-refractivity contribution in [1.29, 1.82) is 0 Å². The van der Waals surface area contributed by atoms with E-state index in [1.54, 1.807) is 18.5 Å². The monoisotopic (exact) mass is 276 g/mol. The van der Waals surface area contributed by atoms with E-state index < -0.39 is 0 Å². The molecule has 0 aliphatic carbocycles. The van der Waals surface area contributed by atoms with Crippen LogP contribution in [0.2, 0.25) is 0 Å². The van der Waals surface area contributed by atoms with Gasteiger partial charge in [-0.25, -0.2) is 4.39 Å². The van der Waals surface area contributed by atoms with Gasteiger partial charge in [0.25, 0.3) is 0 Å². The van der Waals surface area contributed by atoms with Gasteiger partial charge < -0.3 is 5.32 Å². The Balaban J connectivity index is 2.15. The van der Waals surface area contributed by atoms with Gasteiger partial charge in [0.05, 0.1) is 0 Å². The largest absolute Gasteiger partial charge is 0.310 e. The van der Waals surface area contributed by atoms with Crippen LogP contribution in [0.15, 0.2) is 52.5 Å². The third-order valence-electron chi connectivity index (χ3n) is 2.84. The minimum Gasteiger partial charge on any atom is -0.310 e. The van der Waals surface area contributed by atoms with E-state index in [1.165, 1.54) is 11.8 Å². The van der Waals surface area contributed by atoms with E-state index in [0.717, 1.165) is 17.0 Å². The lowest BCUT2D eigenvalue weighted by atomic mass is 10.1. The molecule has 0 saturated carbocycles. The summed E-state index contributed by atoms with van der Waals surface area (Å²) in [5, 5.41) is 3.28. The molecular formula is C15H17FN2S. The number of hydrogen-bond acceptors (Lipinski definition) is 3. The van der Waals surface area contributed by atoms with E-state index in [0.29, 0.717) is 4.90 Å². The first-order valence-corrected chi connectivity index (χ1v) is 7.13. The molecule has 1 unspecified atom stereocenters. The maximum absolute atomic E-state index is 14.1. The van der Waals surface area contributed by atoms with Gasteiger partial charge in [-0.3, -0.25) is 4.98 Å². The highest BCUT2D eigenvalue weighted by Gasteiger charge is 2.09. The fourth-order valence-electron chi connectivity index (χ4n) is 1.83. The van der Waals surface area contributed by atoms with E-state index >= 15 is 0 Å². The Morgan fingerprint density at radius 1 is 1.26 bits per heavy atom. The minimum absolute atomic E-state index is 0.166. The van der Waals surface area contributed by atoms with Crippen LogP contribution in [0.4, 0.5) is 4.39 Å².